The van der Waals surface area contributed by atoms with Crippen LogP contribution in [0.4, 0.5) is 14.5 Å². The Balaban J connectivity index is 2.05. The van der Waals surface area contributed by atoms with Crippen molar-refractivity contribution < 1.29 is 18.3 Å². The van der Waals surface area contributed by atoms with Crippen LogP contribution in [0.25, 0.3) is 0 Å². The summed E-state index contributed by atoms with van der Waals surface area (Å²) in [6.45, 7) is 5.41. The number of para-hydroxylation sites is 1. The Morgan fingerprint density at radius 2 is 1.64 bits per heavy atom. The molecule has 0 aliphatic heterocycles. The van der Waals surface area contributed by atoms with Gasteiger partial charge in [0.15, 0.2) is 6.61 Å². The molecule has 2 aromatic rings. The molecule has 0 aliphatic carbocycles. The predicted molar refractivity (Wildman–Crippen MR) is 81.1 cm³/mol. The lowest BCUT2D eigenvalue weighted by atomic mass is 10.1. The van der Waals surface area contributed by atoms with Crippen LogP contribution in [0.15, 0.2) is 30.3 Å². The molecule has 0 saturated carbocycles. The molecule has 0 aliphatic rings. The highest BCUT2D eigenvalue weighted by molar-refractivity contribution is 5.92. The average Bonchev–Trinajstić information content (AvgIpc) is 2.42. The minimum absolute atomic E-state index is 0.321. The van der Waals surface area contributed by atoms with Gasteiger partial charge in [-0.3, -0.25) is 4.79 Å². The van der Waals surface area contributed by atoms with Crippen LogP contribution in [-0.4, -0.2) is 12.5 Å². The van der Waals surface area contributed by atoms with E-state index in [-0.39, 0.29) is 6.61 Å². The van der Waals surface area contributed by atoms with Crippen molar-refractivity contribution in [3.05, 3.63) is 58.7 Å². The molecule has 0 radical (unpaired) electrons. The molecule has 5 heteroatoms. The van der Waals surface area contributed by atoms with Crippen LogP contribution in [0.3, 0.4) is 0 Å². The van der Waals surface area contributed by atoms with Gasteiger partial charge in [-0.15, -0.1) is 0 Å². The minimum Gasteiger partial charge on any atom is -0.483 e. The summed E-state index contributed by atoms with van der Waals surface area (Å²) < 4.78 is 32.4. The largest absolute Gasteiger partial charge is 0.483 e. The number of anilines is 1. The summed E-state index contributed by atoms with van der Waals surface area (Å²) in [5.74, 6) is -1.66. The average molecular weight is 305 g/mol. The van der Waals surface area contributed by atoms with Crippen molar-refractivity contribution in [2.75, 3.05) is 11.9 Å². The van der Waals surface area contributed by atoms with Gasteiger partial charge in [0.1, 0.15) is 23.1 Å². The first-order valence-corrected chi connectivity index (χ1v) is 6.83. The van der Waals surface area contributed by atoms with E-state index in [0.717, 1.165) is 28.8 Å². The summed E-state index contributed by atoms with van der Waals surface area (Å²) in [7, 11) is 0. The van der Waals surface area contributed by atoms with Gasteiger partial charge < -0.3 is 10.1 Å². The van der Waals surface area contributed by atoms with Crippen LogP contribution in [0.2, 0.25) is 0 Å². The lowest BCUT2D eigenvalue weighted by molar-refractivity contribution is -0.118. The Kier molecular flexibility index (Phi) is 4.75. The molecule has 2 rings (SSSR count). The van der Waals surface area contributed by atoms with Gasteiger partial charge >= 0.3 is 0 Å². The van der Waals surface area contributed by atoms with Gasteiger partial charge in [0, 0.05) is 0 Å². The molecule has 116 valence electrons. The first-order valence-electron chi connectivity index (χ1n) is 6.83. The second-order valence-electron chi connectivity index (χ2n) is 5.16. The molecule has 0 fully saturated rings. The van der Waals surface area contributed by atoms with Gasteiger partial charge in [-0.2, -0.15) is 0 Å². The molecule has 0 bridgehead atoms. The number of hydrogen-bond acceptors (Lipinski definition) is 2. The van der Waals surface area contributed by atoms with Crippen molar-refractivity contribution in [3.63, 3.8) is 0 Å². The summed E-state index contributed by atoms with van der Waals surface area (Å²) in [6.07, 6.45) is 0. The Bertz CT molecular complexity index is 671. The number of rotatable bonds is 4. The lowest BCUT2D eigenvalue weighted by Gasteiger charge is -2.13. The summed E-state index contributed by atoms with van der Waals surface area (Å²) in [4.78, 5) is 11.8. The van der Waals surface area contributed by atoms with Gasteiger partial charge in [-0.05, 0) is 44.0 Å². The van der Waals surface area contributed by atoms with Gasteiger partial charge in [0.05, 0.1) is 0 Å². The number of benzene rings is 2. The van der Waals surface area contributed by atoms with Crippen LogP contribution < -0.4 is 10.1 Å². The zero-order valence-electron chi connectivity index (χ0n) is 12.7. The van der Waals surface area contributed by atoms with Crippen molar-refractivity contribution in [3.8, 4) is 5.75 Å². The smallest absolute Gasteiger partial charge is 0.262 e. The Morgan fingerprint density at radius 3 is 2.18 bits per heavy atom. The molecule has 1 amide bonds. The number of amides is 1. The van der Waals surface area contributed by atoms with E-state index in [4.69, 9.17) is 4.74 Å². The van der Waals surface area contributed by atoms with E-state index >= 15 is 0 Å². The molecule has 0 aromatic heterocycles. The molecule has 22 heavy (non-hydrogen) atoms. The maximum atomic E-state index is 13.5. The third-order valence-corrected chi connectivity index (χ3v) is 3.18. The van der Waals surface area contributed by atoms with E-state index < -0.39 is 23.2 Å². The van der Waals surface area contributed by atoms with E-state index in [1.54, 1.807) is 0 Å². The zero-order valence-corrected chi connectivity index (χ0v) is 12.7. The van der Waals surface area contributed by atoms with E-state index in [1.807, 2.05) is 32.9 Å². The minimum atomic E-state index is -0.823. The van der Waals surface area contributed by atoms with Gasteiger partial charge in [0.2, 0.25) is 0 Å². The van der Waals surface area contributed by atoms with Crippen LogP contribution in [0, 0.1) is 32.4 Å². The summed E-state index contributed by atoms with van der Waals surface area (Å²) >= 11 is 0. The topological polar surface area (TPSA) is 38.3 Å². The Hall–Kier alpha value is -2.43. The monoisotopic (exact) mass is 305 g/mol. The van der Waals surface area contributed by atoms with Crippen molar-refractivity contribution in [1.29, 1.82) is 0 Å². The number of nitrogens with one attached hydrogen (secondary N) is 1. The molecular formula is C17H17F2NO2. The Labute approximate surface area is 127 Å². The zero-order chi connectivity index (χ0) is 16.3. The number of halogens is 2. The summed E-state index contributed by atoms with van der Waals surface area (Å²) in [5, 5.41) is 2.19. The maximum Gasteiger partial charge on any atom is 0.262 e. The van der Waals surface area contributed by atoms with Crippen molar-refractivity contribution in [1.82, 2.24) is 0 Å². The first kappa shape index (κ1) is 15.9. The van der Waals surface area contributed by atoms with Crippen LogP contribution in [-0.2, 0) is 4.79 Å². The van der Waals surface area contributed by atoms with Crippen LogP contribution in [0.5, 0.6) is 5.75 Å². The van der Waals surface area contributed by atoms with Crippen molar-refractivity contribution >= 4 is 11.6 Å². The molecule has 0 spiro atoms. The normalized spacial score (nSPS) is 10.4. The first-order chi connectivity index (χ1) is 10.4. The van der Waals surface area contributed by atoms with E-state index in [0.29, 0.717) is 5.75 Å². The van der Waals surface area contributed by atoms with Gasteiger partial charge in [-0.25, -0.2) is 8.78 Å². The second-order valence-corrected chi connectivity index (χ2v) is 5.16. The molecule has 0 heterocycles. The predicted octanol–water partition coefficient (Wildman–Crippen LogP) is 3.91. The molecule has 0 unspecified atom stereocenters. The van der Waals surface area contributed by atoms with E-state index in [9.17, 15) is 13.6 Å². The molecular weight excluding hydrogens is 288 g/mol. The van der Waals surface area contributed by atoms with Crippen LogP contribution in [0.1, 0.15) is 16.7 Å². The quantitative estimate of drug-likeness (QED) is 0.930. The Morgan fingerprint density at radius 1 is 1.09 bits per heavy atom. The van der Waals surface area contributed by atoms with Gasteiger partial charge in [-0.1, -0.05) is 23.8 Å². The summed E-state index contributed by atoms with van der Waals surface area (Å²) in [5.41, 5.74) is 2.44. The fraction of sp³-hybridized carbons (Fsp3) is 0.235. The van der Waals surface area contributed by atoms with E-state index in [1.165, 1.54) is 6.07 Å². The number of ether oxygens (including phenoxy) is 1. The van der Waals surface area contributed by atoms with Crippen molar-refractivity contribution in [2.45, 2.75) is 20.8 Å². The number of aryl methyl sites for hydroxylation is 3. The fourth-order valence-electron chi connectivity index (χ4n) is 2.32. The number of carbonyl (C=O) groups is 1. The maximum absolute atomic E-state index is 13.5. The molecule has 1 N–H and O–H groups in total. The highest BCUT2D eigenvalue weighted by Crippen LogP contribution is 2.24. The third-order valence-electron chi connectivity index (χ3n) is 3.18. The standard InChI is InChI=1S/C17H17F2NO2/c1-10-7-11(2)17(12(3)8-10)22-9-15(21)20-16-13(18)5-4-6-14(16)19/h4-8H,9H2,1-3H3,(H,20,21). The summed E-state index contributed by atoms with van der Waals surface area (Å²) in [6, 6.07) is 7.27. The van der Waals surface area contributed by atoms with Gasteiger partial charge in [0.25, 0.3) is 5.91 Å². The highest BCUT2D eigenvalue weighted by Gasteiger charge is 2.13. The molecule has 0 atom stereocenters. The third kappa shape index (κ3) is 3.61. The SMILES string of the molecule is Cc1cc(C)c(OCC(=O)Nc2c(F)cccc2F)c(C)c1. The lowest BCUT2D eigenvalue weighted by Crippen LogP contribution is -2.22. The van der Waals surface area contributed by atoms with Crippen LogP contribution >= 0.6 is 0 Å². The highest BCUT2D eigenvalue weighted by atomic mass is 19.1. The van der Waals surface area contributed by atoms with Crippen molar-refractivity contribution in [2.24, 2.45) is 0 Å². The molecule has 2 aromatic carbocycles. The number of carbonyl (C=O) groups excluding carboxylic acids is 1. The molecule has 3 nitrogen and oxygen atoms in total. The molecule has 0 saturated heterocycles. The fourth-order valence-corrected chi connectivity index (χ4v) is 2.32. The number of hydrogen-bond donors (Lipinski definition) is 1. The van der Waals surface area contributed by atoms with E-state index in [2.05, 4.69) is 5.32 Å². The second kappa shape index (κ2) is 6.56.